The number of ether oxygens (including phenoxy) is 2. The van der Waals surface area contributed by atoms with Gasteiger partial charge in [-0.05, 0) is 38.7 Å². The van der Waals surface area contributed by atoms with Gasteiger partial charge in [0.05, 0.1) is 12.1 Å². The maximum Gasteiger partial charge on any atom is 0.341 e. The first-order valence-electron chi connectivity index (χ1n) is 9.43. The molecule has 1 saturated heterocycles. The molecule has 0 radical (unpaired) electrons. The van der Waals surface area contributed by atoms with E-state index in [1.54, 1.807) is 13.8 Å². The molecule has 7 nitrogen and oxygen atoms in total. The third-order valence-electron chi connectivity index (χ3n) is 5.30. The molecule has 0 aromatic carbocycles. The van der Waals surface area contributed by atoms with Crippen LogP contribution in [0.2, 0.25) is 0 Å². The molecule has 4 atom stereocenters. The first kappa shape index (κ1) is 21.6. The standard InChI is InChI=1S/C20H31NO6/c1-12(2)10-17(23)27-16-7-9-21-8-6-15(18(16)21)11-26-19(24)20(25,13(3)4)14(5)22/h6,10,13-14,16,18,22,25H,7-9,11H2,1-5H3/t14-,16+,18?,20-/m0/s1. The van der Waals surface area contributed by atoms with Crippen molar-refractivity contribution < 1.29 is 29.3 Å². The molecule has 27 heavy (non-hydrogen) atoms. The Balaban J connectivity index is 2.02. The fourth-order valence-electron chi connectivity index (χ4n) is 3.70. The van der Waals surface area contributed by atoms with Crippen LogP contribution < -0.4 is 0 Å². The summed E-state index contributed by atoms with van der Waals surface area (Å²) in [5.74, 6) is -1.71. The Morgan fingerprint density at radius 2 is 2.04 bits per heavy atom. The van der Waals surface area contributed by atoms with Crippen molar-refractivity contribution in [3.8, 4) is 0 Å². The number of aliphatic hydroxyl groups excluding tert-OH is 1. The van der Waals surface area contributed by atoms with Crippen LogP contribution in [0.3, 0.4) is 0 Å². The zero-order valence-corrected chi connectivity index (χ0v) is 16.8. The average molecular weight is 381 g/mol. The summed E-state index contributed by atoms with van der Waals surface area (Å²) in [5.41, 5.74) is -0.228. The molecule has 0 bridgehead atoms. The Labute approximate surface area is 160 Å². The number of carbonyl (C=O) groups excluding carboxylic acids is 2. The molecule has 2 rings (SSSR count). The smallest absolute Gasteiger partial charge is 0.341 e. The number of nitrogens with zero attached hydrogens (tertiary/aromatic N) is 1. The first-order valence-corrected chi connectivity index (χ1v) is 9.43. The number of esters is 2. The van der Waals surface area contributed by atoms with Crippen molar-refractivity contribution in [1.82, 2.24) is 4.90 Å². The number of hydrogen-bond donors (Lipinski definition) is 2. The minimum atomic E-state index is -1.95. The van der Waals surface area contributed by atoms with Crippen LogP contribution in [0.1, 0.15) is 41.0 Å². The van der Waals surface area contributed by atoms with E-state index in [1.165, 1.54) is 13.0 Å². The Hall–Kier alpha value is -1.70. The summed E-state index contributed by atoms with van der Waals surface area (Å²) >= 11 is 0. The number of aliphatic hydroxyl groups is 2. The van der Waals surface area contributed by atoms with E-state index in [0.29, 0.717) is 6.54 Å². The summed E-state index contributed by atoms with van der Waals surface area (Å²) in [6.45, 7) is 9.85. The average Bonchev–Trinajstić information content (AvgIpc) is 3.13. The topological polar surface area (TPSA) is 96.3 Å². The molecule has 7 heteroatoms. The number of carbonyl (C=O) groups is 2. The fourth-order valence-corrected chi connectivity index (χ4v) is 3.70. The van der Waals surface area contributed by atoms with Crippen LogP contribution in [0.4, 0.5) is 0 Å². The highest BCUT2D eigenvalue weighted by molar-refractivity contribution is 5.83. The van der Waals surface area contributed by atoms with Crippen LogP contribution in [0.5, 0.6) is 0 Å². The molecule has 0 spiro atoms. The van der Waals surface area contributed by atoms with E-state index >= 15 is 0 Å². The lowest BCUT2D eigenvalue weighted by Crippen LogP contribution is -2.53. The second-order valence-corrected chi connectivity index (χ2v) is 7.94. The summed E-state index contributed by atoms with van der Waals surface area (Å²) < 4.78 is 10.9. The van der Waals surface area contributed by atoms with E-state index in [0.717, 1.165) is 24.1 Å². The lowest BCUT2D eigenvalue weighted by atomic mass is 9.85. The van der Waals surface area contributed by atoms with Crippen molar-refractivity contribution in [1.29, 1.82) is 0 Å². The van der Waals surface area contributed by atoms with Gasteiger partial charge in [-0.3, -0.25) is 4.90 Å². The minimum absolute atomic E-state index is 0.00154. The highest BCUT2D eigenvalue weighted by atomic mass is 16.6. The number of rotatable bonds is 7. The van der Waals surface area contributed by atoms with Crippen molar-refractivity contribution in [2.24, 2.45) is 5.92 Å². The lowest BCUT2D eigenvalue weighted by molar-refractivity contribution is -0.183. The zero-order chi connectivity index (χ0) is 20.4. The normalized spacial score (nSPS) is 25.4. The summed E-state index contributed by atoms with van der Waals surface area (Å²) in [5, 5.41) is 20.4. The van der Waals surface area contributed by atoms with Gasteiger partial charge in [0, 0.05) is 19.2 Å². The highest BCUT2D eigenvalue weighted by Crippen LogP contribution is 2.32. The predicted molar refractivity (Wildman–Crippen MR) is 99.8 cm³/mol. The molecule has 0 aromatic rings. The van der Waals surface area contributed by atoms with Crippen LogP contribution >= 0.6 is 0 Å². The monoisotopic (exact) mass is 381 g/mol. The quantitative estimate of drug-likeness (QED) is 0.388. The Bertz CT molecular complexity index is 624. The first-order chi connectivity index (χ1) is 12.6. The van der Waals surface area contributed by atoms with Gasteiger partial charge in [0.1, 0.15) is 12.7 Å². The van der Waals surface area contributed by atoms with Gasteiger partial charge in [-0.2, -0.15) is 0 Å². The van der Waals surface area contributed by atoms with E-state index in [4.69, 9.17) is 9.47 Å². The van der Waals surface area contributed by atoms with E-state index < -0.39 is 23.6 Å². The Morgan fingerprint density at radius 3 is 2.59 bits per heavy atom. The molecule has 0 aliphatic carbocycles. The highest BCUT2D eigenvalue weighted by Gasteiger charge is 2.47. The van der Waals surface area contributed by atoms with Gasteiger partial charge >= 0.3 is 11.9 Å². The van der Waals surface area contributed by atoms with Crippen LogP contribution in [-0.4, -0.2) is 70.6 Å². The second kappa shape index (κ2) is 8.54. The molecule has 2 heterocycles. The van der Waals surface area contributed by atoms with Gasteiger partial charge in [-0.1, -0.05) is 25.5 Å². The van der Waals surface area contributed by atoms with E-state index in [1.807, 2.05) is 19.9 Å². The third-order valence-corrected chi connectivity index (χ3v) is 5.30. The number of fused-ring (bicyclic) bond motifs is 1. The largest absolute Gasteiger partial charge is 0.459 e. The molecule has 2 N–H and O–H groups in total. The molecule has 2 aliphatic heterocycles. The van der Waals surface area contributed by atoms with Crippen molar-refractivity contribution in [3.63, 3.8) is 0 Å². The molecule has 0 aromatic heterocycles. The molecular formula is C20H31NO6. The van der Waals surface area contributed by atoms with E-state index in [9.17, 15) is 19.8 Å². The van der Waals surface area contributed by atoms with Crippen molar-refractivity contribution in [2.45, 2.75) is 64.9 Å². The van der Waals surface area contributed by atoms with E-state index in [2.05, 4.69) is 4.90 Å². The van der Waals surface area contributed by atoms with Crippen molar-refractivity contribution >= 4 is 11.9 Å². The SMILES string of the molecule is CC(C)=CC(=O)O[C@@H]1CCN2CC=C(COC(=O)[C@](O)(C(C)C)[C@H](C)O)C12. The zero-order valence-electron chi connectivity index (χ0n) is 16.8. The molecular weight excluding hydrogens is 350 g/mol. The van der Waals surface area contributed by atoms with Crippen LogP contribution in [0.25, 0.3) is 0 Å². The van der Waals surface area contributed by atoms with Crippen LogP contribution in [-0.2, 0) is 19.1 Å². The van der Waals surface area contributed by atoms with Gasteiger partial charge in [0.15, 0.2) is 5.60 Å². The maximum atomic E-state index is 12.4. The third kappa shape index (κ3) is 4.59. The summed E-state index contributed by atoms with van der Waals surface area (Å²) in [7, 11) is 0. The summed E-state index contributed by atoms with van der Waals surface area (Å²) in [4.78, 5) is 26.6. The van der Waals surface area contributed by atoms with Crippen LogP contribution in [0, 0.1) is 5.92 Å². The Kier molecular flexibility index (Phi) is 6.83. The van der Waals surface area contributed by atoms with Gasteiger partial charge < -0.3 is 19.7 Å². The number of allylic oxidation sites excluding steroid dienone is 1. The molecule has 1 unspecified atom stereocenters. The summed E-state index contributed by atoms with van der Waals surface area (Å²) in [6.07, 6.45) is 2.62. The predicted octanol–water partition coefficient (Wildman–Crippen LogP) is 1.19. The Morgan fingerprint density at radius 1 is 1.37 bits per heavy atom. The molecule has 2 aliphatic rings. The van der Waals surface area contributed by atoms with Crippen molar-refractivity contribution in [2.75, 3.05) is 19.7 Å². The van der Waals surface area contributed by atoms with Gasteiger partial charge in [0.25, 0.3) is 0 Å². The van der Waals surface area contributed by atoms with E-state index in [-0.39, 0.29) is 24.7 Å². The van der Waals surface area contributed by atoms with Gasteiger partial charge in [0.2, 0.25) is 0 Å². The van der Waals surface area contributed by atoms with Crippen LogP contribution in [0.15, 0.2) is 23.3 Å². The number of hydrogen-bond acceptors (Lipinski definition) is 7. The lowest BCUT2D eigenvalue weighted by Gasteiger charge is -2.32. The molecule has 1 fully saturated rings. The molecule has 0 saturated carbocycles. The van der Waals surface area contributed by atoms with Gasteiger partial charge in [-0.25, -0.2) is 9.59 Å². The second-order valence-electron chi connectivity index (χ2n) is 7.94. The van der Waals surface area contributed by atoms with Gasteiger partial charge in [-0.15, -0.1) is 0 Å². The molecule has 0 amide bonds. The van der Waals surface area contributed by atoms with Crippen molar-refractivity contribution in [3.05, 3.63) is 23.3 Å². The summed E-state index contributed by atoms with van der Waals surface area (Å²) in [6, 6.07) is -0.119. The fraction of sp³-hybridized carbons (Fsp3) is 0.700. The maximum absolute atomic E-state index is 12.4. The molecule has 152 valence electrons. The minimum Gasteiger partial charge on any atom is -0.459 e.